The minimum absolute atomic E-state index is 0.175. The summed E-state index contributed by atoms with van der Waals surface area (Å²) in [6, 6.07) is 18.8. The van der Waals surface area contributed by atoms with Crippen molar-refractivity contribution in [2.75, 3.05) is 5.32 Å². The summed E-state index contributed by atoms with van der Waals surface area (Å²) in [6.45, 7) is 0. The molecule has 0 spiro atoms. The number of hydrogen-bond acceptors (Lipinski definition) is 3. The van der Waals surface area contributed by atoms with E-state index in [1.807, 2.05) is 12.1 Å². The topological polar surface area (TPSA) is 63.2 Å². The Morgan fingerprint density at radius 1 is 0.731 bits per heavy atom. The monoisotopic (exact) mass is 453 g/mol. The smallest absolute Gasteiger partial charge is 0.256 e. The van der Waals surface area contributed by atoms with E-state index in [2.05, 4.69) is 27.9 Å². The zero-order chi connectivity index (χ0) is 18.3. The number of fused-ring (bicyclic) bond motifs is 2. The number of amides is 1. The zero-order valence-corrected chi connectivity index (χ0v) is 15.6. The van der Waals surface area contributed by atoms with Crippen LogP contribution in [0.1, 0.15) is 42.2 Å². The van der Waals surface area contributed by atoms with Crippen molar-refractivity contribution in [2.24, 2.45) is 0 Å². The van der Waals surface area contributed by atoms with E-state index in [1.54, 1.807) is 54.6 Å². The van der Waals surface area contributed by atoms with Crippen molar-refractivity contribution in [3.05, 3.63) is 98.1 Å². The van der Waals surface area contributed by atoms with Gasteiger partial charge in [0.05, 0.1) is 5.56 Å². The molecule has 3 aromatic rings. The minimum atomic E-state index is -0.259. The maximum Gasteiger partial charge on any atom is 0.256 e. The molecular weight excluding hydrogens is 441 g/mol. The molecule has 1 amide bonds. The van der Waals surface area contributed by atoms with Gasteiger partial charge in [-0.05, 0) is 52.9 Å². The van der Waals surface area contributed by atoms with E-state index in [9.17, 15) is 14.4 Å². The second kappa shape index (κ2) is 6.49. The van der Waals surface area contributed by atoms with Crippen LogP contribution in [0.15, 0.2) is 66.7 Å². The highest BCUT2D eigenvalue weighted by Gasteiger charge is 2.29. The van der Waals surface area contributed by atoms with Gasteiger partial charge in [-0.3, -0.25) is 14.4 Å². The van der Waals surface area contributed by atoms with Gasteiger partial charge in [0.25, 0.3) is 5.91 Å². The molecule has 0 saturated heterocycles. The normalized spacial score (nSPS) is 12.3. The van der Waals surface area contributed by atoms with Crippen LogP contribution in [0.3, 0.4) is 0 Å². The van der Waals surface area contributed by atoms with Gasteiger partial charge in [-0.2, -0.15) is 0 Å². The third-order valence-electron chi connectivity index (χ3n) is 4.30. The molecular formula is C21H12INO3. The standard InChI is InChI=1S/C21H12INO3/c22-18-8-4-3-7-16(18)21(26)23-12-9-10-15-17(11-12)20(25)14-6-2-1-5-13(14)19(15)24/h1-11H,(H,23,26). The van der Waals surface area contributed by atoms with Crippen molar-refractivity contribution in [1.82, 2.24) is 0 Å². The Balaban J connectivity index is 1.70. The summed E-state index contributed by atoms with van der Waals surface area (Å²) in [5, 5.41) is 2.80. The Morgan fingerprint density at radius 2 is 1.31 bits per heavy atom. The first kappa shape index (κ1) is 16.7. The first-order valence-corrected chi connectivity index (χ1v) is 9.02. The van der Waals surface area contributed by atoms with Gasteiger partial charge < -0.3 is 5.32 Å². The van der Waals surface area contributed by atoms with Gasteiger partial charge in [-0.25, -0.2) is 0 Å². The number of halogens is 1. The molecule has 4 nitrogen and oxygen atoms in total. The van der Waals surface area contributed by atoms with Crippen LogP contribution >= 0.6 is 22.6 Å². The van der Waals surface area contributed by atoms with Crippen LogP contribution in [0.4, 0.5) is 5.69 Å². The Kier molecular flexibility index (Phi) is 4.16. The average molecular weight is 453 g/mol. The van der Waals surface area contributed by atoms with Crippen LogP contribution in [-0.4, -0.2) is 17.5 Å². The summed E-state index contributed by atoms with van der Waals surface area (Å²) < 4.78 is 0.834. The maximum absolute atomic E-state index is 12.7. The predicted octanol–water partition coefficient (Wildman–Crippen LogP) is 4.32. The first-order chi connectivity index (χ1) is 12.6. The van der Waals surface area contributed by atoms with Crippen LogP contribution in [0.2, 0.25) is 0 Å². The second-order valence-electron chi connectivity index (χ2n) is 5.90. The van der Waals surface area contributed by atoms with Crippen LogP contribution in [0.5, 0.6) is 0 Å². The van der Waals surface area contributed by atoms with Gasteiger partial charge in [0.15, 0.2) is 11.6 Å². The summed E-state index contributed by atoms with van der Waals surface area (Å²) in [4.78, 5) is 37.8. The van der Waals surface area contributed by atoms with Crippen molar-refractivity contribution in [1.29, 1.82) is 0 Å². The molecule has 126 valence electrons. The van der Waals surface area contributed by atoms with E-state index >= 15 is 0 Å². The lowest BCUT2D eigenvalue weighted by Gasteiger charge is -2.18. The fourth-order valence-corrected chi connectivity index (χ4v) is 3.65. The highest BCUT2D eigenvalue weighted by molar-refractivity contribution is 14.1. The lowest BCUT2D eigenvalue weighted by molar-refractivity contribution is 0.0979. The van der Waals surface area contributed by atoms with Crippen LogP contribution in [0, 0.1) is 3.57 Å². The molecule has 4 rings (SSSR count). The van der Waals surface area contributed by atoms with E-state index < -0.39 is 0 Å². The lowest BCUT2D eigenvalue weighted by Crippen LogP contribution is -2.21. The molecule has 0 atom stereocenters. The fraction of sp³-hybridized carbons (Fsp3) is 0. The molecule has 26 heavy (non-hydrogen) atoms. The number of anilines is 1. The SMILES string of the molecule is O=C(Nc1ccc2c(c1)C(=O)c1ccccc1C2=O)c1ccccc1I. The minimum Gasteiger partial charge on any atom is -0.322 e. The molecule has 5 heteroatoms. The highest BCUT2D eigenvalue weighted by Crippen LogP contribution is 2.29. The van der Waals surface area contributed by atoms with Crippen LogP contribution in [0.25, 0.3) is 0 Å². The second-order valence-corrected chi connectivity index (χ2v) is 7.06. The summed E-state index contributed by atoms with van der Waals surface area (Å²) >= 11 is 2.10. The molecule has 0 aromatic heterocycles. The van der Waals surface area contributed by atoms with Crippen molar-refractivity contribution in [3.8, 4) is 0 Å². The highest BCUT2D eigenvalue weighted by atomic mass is 127. The third kappa shape index (κ3) is 2.74. The molecule has 1 aliphatic carbocycles. The molecule has 1 N–H and O–H groups in total. The Bertz CT molecular complexity index is 1090. The molecule has 0 fully saturated rings. The number of benzene rings is 3. The van der Waals surface area contributed by atoms with E-state index in [0.29, 0.717) is 33.5 Å². The summed E-state index contributed by atoms with van der Waals surface area (Å²) in [5.74, 6) is -0.642. The Labute approximate surface area is 163 Å². The molecule has 0 unspecified atom stereocenters. The Hall–Kier alpha value is -2.80. The van der Waals surface area contributed by atoms with Crippen molar-refractivity contribution in [3.63, 3.8) is 0 Å². The average Bonchev–Trinajstić information content (AvgIpc) is 2.66. The molecule has 3 aromatic carbocycles. The van der Waals surface area contributed by atoms with Gasteiger partial charge in [0, 0.05) is 31.5 Å². The number of carbonyl (C=O) groups is 3. The van der Waals surface area contributed by atoms with Crippen molar-refractivity contribution >= 4 is 45.8 Å². The maximum atomic E-state index is 12.7. The number of nitrogens with one attached hydrogen (secondary N) is 1. The van der Waals surface area contributed by atoms with Gasteiger partial charge in [-0.15, -0.1) is 0 Å². The quantitative estimate of drug-likeness (QED) is 0.460. The zero-order valence-electron chi connectivity index (χ0n) is 13.5. The van der Waals surface area contributed by atoms with E-state index in [-0.39, 0.29) is 17.5 Å². The molecule has 1 aliphatic rings. The van der Waals surface area contributed by atoms with E-state index in [0.717, 1.165) is 3.57 Å². The van der Waals surface area contributed by atoms with Crippen LogP contribution < -0.4 is 5.32 Å². The molecule has 0 heterocycles. The Morgan fingerprint density at radius 3 is 2.00 bits per heavy atom. The van der Waals surface area contributed by atoms with Crippen LogP contribution in [-0.2, 0) is 0 Å². The summed E-state index contributed by atoms with van der Waals surface area (Å²) in [5.41, 5.74) is 2.52. The van der Waals surface area contributed by atoms with Gasteiger partial charge in [-0.1, -0.05) is 36.4 Å². The largest absolute Gasteiger partial charge is 0.322 e. The van der Waals surface area contributed by atoms with Gasteiger partial charge >= 0.3 is 0 Å². The van der Waals surface area contributed by atoms with Gasteiger partial charge in [0.1, 0.15) is 0 Å². The van der Waals surface area contributed by atoms with Crippen molar-refractivity contribution < 1.29 is 14.4 Å². The fourth-order valence-electron chi connectivity index (χ4n) is 3.02. The van der Waals surface area contributed by atoms with E-state index in [4.69, 9.17) is 0 Å². The molecule has 0 bridgehead atoms. The predicted molar refractivity (Wildman–Crippen MR) is 107 cm³/mol. The van der Waals surface area contributed by atoms with Gasteiger partial charge in [0.2, 0.25) is 0 Å². The van der Waals surface area contributed by atoms with Crippen molar-refractivity contribution in [2.45, 2.75) is 0 Å². The third-order valence-corrected chi connectivity index (χ3v) is 5.24. The molecule has 0 radical (unpaired) electrons. The number of rotatable bonds is 2. The molecule has 0 saturated carbocycles. The first-order valence-electron chi connectivity index (χ1n) is 7.94. The number of hydrogen-bond donors (Lipinski definition) is 1. The lowest BCUT2D eigenvalue weighted by atomic mass is 9.84. The summed E-state index contributed by atoms with van der Waals surface area (Å²) in [6.07, 6.45) is 0. The number of carbonyl (C=O) groups excluding carboxylic acids is 3. The number of ketones is 2. The molecule has 0 aliphatic heterocycles. The van der Waals surface area contributed by atoms with E-state index in [1.165, 1.54) is 0 Å². The summed E-state index contributed by atoms with van der Waals surface area (Å²) in [7, 11) is 0.